The highest BCUT2D eigenvalue weighted by Gasteiger charge is 2.61. The van der Waals surface area contributed by atoms with Crippen molar-refractivity contribution in [1.29, 1.82) is 0 Å². The molecule has 4 aliphatic rings. The first-order valence-corrected chi connectivity index (χ1v) is 9.38. The number of anilines is 1. The second-order valence-electron chi connectivity index (χ2n) is 7.61. The van der Waals surface area contributed by atoms with Crippen molar-refractivity contribution in [3.8, 4) is 0 Å². The number of amides is 2. The van der Waals surface area contributed by atoms with Gasteiger partial charge in [0, 0.05) is 11.8 Å². The molecule has 0 saturated carbocycles. The van der Waals surface area contributed by atoms with Crippen LogP contribution < -0.4 is 4.90 Å². The first kappa shape index (κ1) is 14.9. The predicted octanol–water partition coefficient (Wildman–Crippen LogP) is 4.08. The van der Waals surface area contributed by atoms with E-state index in [1.807, 2.05) is 54.6 Å². The number of rotatable bonds is 1. The molecule has 2 atom stereocenters. The van der Waals surface area contributed by atoms with E-state index in [9.17, 15) is 9.59 Å². The van der Waals surface area contributed by atoms with Gasteiger partial charge in [-0.1, -0.05) is 66.7 Å². The maximum Gasteiger partial charge on any atom is 0.238 e. The van der Waals surface area contributed by atoms with Crippen LogP contribution in [0, 0.1) is 11.8 Å². The van der Waals surface area contributed by atoms with Gasteiger partial charge in [-0.05, 0) is 34.4 Å². The zero-order chi connectivity index (χ0) is 18.1. The highest BCUT2D eigenvalue weighted by atomic mass is 16.2. The molecule has 3 nitrogen and oxygen atoms in total. The molecule has 1 heterocycles. The molecular formula is C24H17NO2. The first-order valence-electron chi connectivity index (χ1n) is 9.38. The Morgan fingerprint density at radius 3 is 1.30 bits per heavy atom. The summed E-state index contributed by atoms with van der Waals surface area (Å²) < 4.78 is 0. The van der Waals surface area contributed by atoms with Crippen LogP contribution in [0.1, 0.15) is 34.1 Å². The molecule has 3 aromatic rings. The molecule has 3 aliphatic carbocycles. The lowest BCUT2D eigenvalue weighted by atomic mass is 9.55. The van der Waals surface area contributed by atoms with Gasteiger partial charge in [-0.2, -0.15) is 0 Å². The van der Waals surface area contributed by atoms with Crippen LogP contribution in [0.3, 0.4) is 0 Å². The average Bonchev–Trinajstić information content (AvgIpc) is 3.00. The molecule has 1 fully saturated rings. The lowest BCUT2D eigenvalue weighted by Crippen LogP contribution is -2.41. The number of nitrogens with zero attached hydrogens (tertiary/aromatic N) is 1. The van der Waals surface area contributed by atoms with Crippen molar-refractivity contribution in [3.63, 3.8) is 0 Å². The third-order valence-corrected chi connectivity index (χ3v) is 6.46. The smallest absolute Gasteiger partial charge is 0.238 e. The normalized spacial score (nSPS) is 27.3. The summed E-state index contributed by atoms with van der Waals surface area (Å²) in [4.78, 5) is 28.4. The van der Waals surface area contributed by atoms with Gasteiger partial charge in [0.25, 0.3) is 0 Å². The number of carbonyl (C=O) groups excluding carboxylic acids is 2. The average molecular weight is 351 g/mol. The third-order valence-electron chi connectivity index (χ3n) is 6.46. The summed E-state index contributed by atoms with van der Waals surface area (Å²) in [6.07, 6.45) is 0. The molecule has 3 heteroatoms. The molecule has 3 aromatic carbocycles. The zero-order valence-electron chi connectivity index (χ0n) is 14.6. The van der Waals surface area contributed by atoms with Crippen LogP contribution in [0.2, 0.25) is 0 Å². The minimum Gasteiger partial charge on any atom is -0.274 e. The van der Waals surface area contributed by atoms with Gasteiger partial charge < -0.3 is 0 Å². The molecule has 7 rings (SSSR count). The molecule has 0 unspecified atom stereocenters. The van der Waals surface area contributed by atoms with E-state index in [0.717, 1.165) is 0 Å². The second kappa shape index (κ2) is 5.17. The molecule has 0 spiro atoms. The van der Waals surface area contributed by atoms with E-state index in [4.69, 9.17) is 0 Å². The number of imide groups is 1. The van der Waals surface area contributed by atoms with Gasteiger partial charge in [0.1, 0.15) is 0 Å². The van der Waals surface area contributed by atoms with E-state index in [1.54, 1.807) is 0 Å². The van der Waals surface area contributed by atoms with E-state index < -0.39 is 0 Å². The van der Waals surface area contributed by atoms with Gasteiger partial charge in [0.15, 0.2) is 0 Å². The molecule has 1 saturated heterocycles. The minimum atomic E-state index is -0.312. The van der Waals surface area contributed by atoms with Gasteiger partial charge in [0.05, 0.1) is 17.5 Å². The Balaban J connectivity index is 1.60. The van der Waals surface area contributed by atoms with Crippen molar-refractivity contribution in [2.75, 3.05) is 4.90 Å². The molecule has 0 aromatic heterocycles. The van der Waals surface area contributed by atoms with E-state index in [1.165, 1.54) is 27.2 Å². The van der Waals surface area contributed by atoms with Gasteiger partial charge in [-0.15, -0.1) is 0 Å². The molecule has 2 amide bonds. The minimum absolute atomic E-state index is 0.0439. The van der Waals surface area contributed by atoms with Crippen molar-refractivity contribution in [1.82, 2.24) is 0 Å². The summed E-state index contributed by atoms with van der Waals surface area (Å²) in [7, 11) is 0. The van der Waals surface area contributed by atoms with E-state index >= 15 is 0 Å². The number of hydrogen-bond acceptors (Lipinski definition) is 2. The van der Waals surface area contributed by atoms with Crippen LogP contribution in [-0.4, -0.2) is 11.8 Å². The number of carbonyl (C=O) groups is 2. The lowest BCUT2D eigenvalue weighted by Gasteiger charge is -2.45. The van der Waals surface area contributed by atoms with Gasteiger partial charge in [0.2, 0.25) is 11.8 Å². The maximum absolute atomic E-state index is 13.5. The SMILES string of the molecule is O=C1[C@H]2C3c4ccccc4C(c4ccccc43)[C@@H]2C(=O)N1c1ccccc1. The number of benzene rings is 3. The molecule has 0 N–H and O–H groups in total. The molecule has 2 bridgehead atoms. The van der Waals surface area contributed by atoms with Crippen LogP contribution in [0.15, 0.2) is 78.9 Å². The fourth-order valence-electron chi connectivity index (χ4n) is 5.51. The largest absolute Gasteiger partial charge is 0.274 e. The van der Waals surface area contributed by atoms with Gasteiger partial charge >= 0.3 is 0 Å². The number of hydrogen-bond donors (Lipinski definition) is 0. The quantitative estimate of drug-likeness (QED) is 0.620. The highest BCUT2D eigenvalue weighted by Crippen LogP contribution is 2.61. The lowest BCUT2D eigenvalue weighted by molar-refractivity contribution is -0.122. The van der Waals surface area contributed by atoms with Crippen LogP contribution in [0.4, 0.5) is 5.69 Å². The van der Waals surface area contributed by atoms with Crippen LogP contribution in [0.25, 0.3) is 0 Å². The van der Waals surface area contributed by atoms with Crippen molar-refractivity contribution in [3.05, 3.63) is 101 Å². The fraction of sp³-hybridized carbons (Fsp3) is 0.167. The highest BCUT2D eigenvalue weighted by molar-refractivity contribution is 6.23. The van der Waals surface area contributed by atoms with Crippen molar-refractivity contribution in [2.24, 2.45) is 11.8 Å². The maximum atomic E-state index is 13.5. The third kappa shape index (κ3) is 1.76. The van der Waals surface area contributed by atoms with Crippen molar-refractivity contribution >= 4 is 17.5 Å². The van der Waals surface area contributed by atoms with Crippen molar-refractivity contribution < 1.29 is 9.59 Å². The standard InChI is InChI=1S/C24H17NO2/c26-23-21-19-15-10-4-5-11-16(15)20(18-13-7-6-12-17(18)19)22(21)24(27)25(23)14-8-2-1-3-9-14/h1-13,19-22H/t19?,20?,21-,22-/m0/s1. The Morgan fingerprint density at radius 2 is 0.889 bits per heavy atom. The molecule has 27 heavy (non-hydrogen) atoms. The Kier molecular flexibility index (Phi) is 2.85. The summed E-state index contributed by atoms with van der Waals surface area (Å²) in [5.41, 5.74) is 5.50. The van der Waals surface area contributed by atoms with E-state index in [-0.39, 0.29) is 35.5 Å². The zero-order valence-corrected chi connectivity index (χ0v) is 14.6. The van der Waals surface area contributed by atoms with Gasteiger partial charge in [-0.25, -0.2) is 4.90 Å². The summed E-state index contributed by atoms with van der Waals surface area (Å²) in [5, 5.41) is 0. The Hall–Kier alpha value is -3.20. The summed E-state index contributed by atoms with van der Waals surface area (Å²) >= 11 is 0. The van der Waals surface area contributed by atoms with Crippen LogP contribution in [-0.2, 0) is 9.59 Å². The van der Waals surface area contributed by atoms with Crippen molar-refractivity contribution in [2.45, 2.75) is 11.8 Å². The molecule has 0 radical (unpaired) electrons. The fourth-order valence-corrected chi connectivity index (χ4v) is 5.51. The topological polar surface area (TPSA) is 37.4 Å². The number of para-hydroxylation sites is 1. The summed E-state index contributed by atoms with van der Waals surface area (Å²) in [5.74, 6) is -0.833. The Labute approximate surface area is 157 Å². The van der Waals surface area contributed by atoms with E-state index in [2.05, 4.69) is 24.3 Å². The monoisotopic (exact) mass is 351 g/mol. The summed E-state index contributed by atoms with van der Waals surface area (Å²) in [6, 6.07) is 26.0. The Morgan fingerprint density at radius 1 is 0.519 bits per heavy atom. The second-order valence-corrected chi connectivity index (χ2v) is 7.61. The van der Waals surface area contributed by atoms with Gasteiger partial charge in [-0.3, -0.25) is 9.59 Å². The van der Waals surface area contributed by atoms with Crippen LogP contribution in [0.5, 0.6) is 0 Å². The molecule has 130 valence electrons. The van der Waals surface area contributed by atoms with Crippen LogP contribution >= 0.6 is 0 Å². The summed E-state index contributed by atoms with van der Waals surface area (Å²) in [6.45, 7) is 0. The first-order chi connectivity index (χ1) is 13.3. The molecular weight excluding hydrogens is 334 g/mol. The molecule has 1 aliphatic heterocycles. The van der Waals surface area contributed by atoms with E-state index in [0.29, 0.717) is 5.69 Å². The predicted molar refractivity (Wildman–Crippen MR) is 102 cm³/mol. The Bertz CT molecular complexity index is 989.